The van der Waals surface area contributed by atoms with Crippen molar-refractivity contribution in [3.63, 3.8) is 0 Å². The van der Waals surface area contributed by atoms with E-state index in [1.165, 1.54) is 5.56 Å². The van der Waals surface area contributed by atoms with Crippen molar-refractivity contribution >= 4 is 27.3 Å². The summed E-state index contributed by atoms with van der Waals surface area (Å²) in [6.45, 7) is 2.84. The molecule has 0 saturated heterocycles. The van der Waals surface area contributed by atoms with Crippen LogP contribution in [0.2, 0.25) is 0 Å². The van der Waals surface area contributed by atoms with Crippen LogP contribution in [0.5, 0.6) is 0 Å². The Morgan fingerprint density at radius 2 is 1.90 bits per heavy atom. The molecule has 0 saturated carbocycles. The van der Waals surface area contributed by atoms with Crippen molar-refractivity contribution in [2.24, 2.45) is 0 Å². The Kier molecular flexibility index (Phi) is 4.74. The van der Waals surface area contributed by atoms with Crippen molar-refractivity contribution in [1.82, 2.24) is 0 Å². The Labute approximate surface area is 126 Å². The Morgan fingerprint density at radius 3 is 2.55 bits per heavy atom. The van der Waals surface area contributed by atoms with Gasteiger partial charge in [-0.15, -0.1) is 0 Å². The number of non-ortho nitro benzene ring substituents is 1. The quantitative estimate of drug-likeness (QED) is 0.654. The first-order chi connectivity index (χ1) is 9.56. The van der Waals surface area contributed by atoms with Crippen LogP contribution in [0, 0.1) is 17.0 Å². The van der Waals surface area contributed by atoms with Crippen molar-refractivity contribution in [2.75, 3.05) is 11.9 Å². The summed E-state index contributed by atoms with van der Waals surface area (Å²) in [7, 11) is 0. The molecule has 0 aliphatic rings. The van der Waals surface area contributed by atoms with Gasteiger partial charge >= 0.3 is 0 Å². The SMILES string of the molecule is Cc1ccc(Br)cc1NCCc1ccc([N+](=O)[O-])cc1. The molecule has 0 atom stereocenters. The van der Waals surface area contributed by atoms with Gasteiger partial charge in [0, 0.05) is 28.8 Å². The molecule has 5 heteroatoms. The van der Waals surface area contributed by atoms with Gasteiger partial charge in [0.05, 0.1) is 4.92 Å². The van der Waals surface area contributed by atoms with Gasteiger partial charge in [0.15, 0.2) is 0 Å². The molecule has 2 aromatic carbocycles. The van der Waals surface area contributed by atoms with Crippen LogP contribution < -0.4 is 5.32 Å². The Hall–Kier alpha value is -1.88. The number of nitrogens with zero attached hydrogens (tertiary/aromatic N) is 1. The number of nitro benzene ring substituents is 1. The normalized spacial score (nSPS) is 10.3. The maximum atomic E-state index is 10.6. The summed E-state index contributed by atoms with van der Waals surface area (Å²) >= 11 is 3.45. The molecular formula is C15H15BrN2O2. The second kappa shape index (κ2) is 6.52. The van der Waals surface area contributed by atoms with Gasteiger partial charge < -0.3 is 5.32 Å². The van der Waals surface area contributed by atoms with Gasteiger partial charge in [0.1, 0.15) is 0 Å². The van der Waals surface area contributed by atoms with Crippen LogP contribution in [0.1, 0.15) is 11.1 Å². The minimum Gasteiger partial charge on any atom is -0.384 e. The van der Waals surface area contributed by atoms with Gasteiger partial charge in [0.2, 0.25) is 0 Å². The largest absolute Gasteiger partial charge is 0.384 e. The van der Waals surface area contributed by atoms with Crippen molar-refractivity contribution < 1.29 is 4.92 Å². The molecule has 104 valence electrons. The zero-order valence-electron chi connectivity index (χ0n) is 11.1. The van der Waals surface area contributed by atoms with Crippen molar-refractivity contribution in [1.29, 1.82) is 0 Å². The van der Waals surface area contributed by atoms with E-state index in [1.54, 1.807) is 24.3 Å². The van der Waals surface area contributed by atoms with Crippen molar-refractivity contribution in [3.8, 4) is 0 Å². The highest BCUT2D eigenvalue weighted by Gasteiger charge is 2.04. The first-order valence-corrected chi connectivity index (χ1v) is 7.09. The molecule has 20 heavy (non-hydrogen) atoms. The van der Waals surface area contributed by atoms with E-state index in [9.17, 15) is 10.1 Å². The van der Waals surface area contributed by atoms with Gasteiger partial charge in [0.25, 0.3) is 5.69 Å². The van der Waals surface area contributed by atoms with Crippen LogP contribution >= 0.6 is 15.9 Å². The van der Waals surface area contributed by atoms with Crippen molar-refractivity contribution in [2.45, 2.75) is 13.3 Å². The number of halogens is 1. The molecule has 0 unspecified atom stereocenters. The molecule has 2 rings (SSSR count). The number of hydrogen-bond acceptors (Lipinski definition) is 3. The summed E-state index contributed by atoms with van der Waals surface area (Å²) in [4.78, 5) is 10.2. The smallest absolute Gasteiger partial charge is 0.269 e. The van der Waals surface area contributed by atoms with E-state index in [2.05, 4.69) is 34.2 Å². The lowest BCUT2D eigenvalue weighted by Crippen LogP contribution is -2.06. The Balaban J connectivity index is 1.92. The highest BCUT2D eigenvalue weighted by atomic mass is 79.9. The summed E-state index contributed by atoms with van der Waals surface area (Å²) in [5.74, 6) is 0. The summed E-state index contributed by atoms with van der Waals surface area (Å²) < 4.78 is 1.04. The molecular weight excluding hydrogens is 320 g/mol. The number of benzene rings is 2. The molecule has 0 radical (unpaired) electrons. The van der Waals surface area contributed by atoms with E-state index < -0.39 is 0 Å². The number of nitro groups is 1. The van der Waals surface area contributed by atoms with Gasteiger partial charge in [-0.3, -0.25) is 10.1 Å². The van der Waals surface area contributed by atoms with Crippen molar-refractivity contribution in [3.05, 3.63) is 68.2 Å². The minimum atomic E-state index is -0.382. The third-order valence-electron chi connectivity index (χ3n) is 3.08. The molecule has 2 aromatic rings. The van der Waals surface area contributed by atoms with Gasteiger partial charge in [-0.1, -0.05) is 34.1 Å². The second-order valence-electron chi connectivity index (χ2n) is 4.56. The van der Waals surface area contributed by atoms with E-state index in [4.69, 9.17) is 0 Å². The molecule has 0 aliphatic carbocycles. The molecule has 0 bridgehead atoms. The number of aryl methyl sites for hydroxylation is 1. The zero-order chi connectivity index (χ0) is 14.5. The average molecular weight is 335 g/mol. The molecule has 0 spiro atoms. The summed E-state index contributed by atoms with van der Waals surface area (Å²) in [5, 5.41) is 13.9. The van der Waals surface area contributed by atoms with Crippen LogP contribution in [0.4, 0.5) is 11.4 Å². The molecule has 0 heterocycles. The second-order valence-corrected chi connectivity index (χ2v) is 5.48. The van der Waals surface area contributed by atoms with Crippen LogP contribution in [-0.2, 0) is 6.42 Å². The summed E-state index contributed by atoms with van der Waals surface area (Å²) in [6.07, 6.45) is 0.823. The molecule has 0 aromatic heterocycles. The lowest BCUT2D eigenvalue weighted by Gasteiger charge is -2.10. The van der Waals surface area contributed by atoms with Crippen LogP contribution in [-0.4, -0.2) is 11.5 Å². The van der Waals surface area contributed by atoms with E-state index in [1.807, 2.05) is 12.1 Å². The summed E-state index contributed by atoms with van der Waals surface area (Å²) in [5.41, 5.74) is 3.50. The Bertz CT molecular complexity index is 612. The fourth-order valence-electron chi connectivity index (χ4n) is 1.91. The van der Waals surface area contributed by atoms with Crippen LogP contribution in [0.3, 0.4) is 0 Å². The molecule has 0 fully saturated rings. The minimum absolute atomic E-state index is 0.129. The number of nitrogens with one attached hydrogen (secondary N) is 1. The monoisotopic (exact) mass is 334 g/mol. The first-order valence-electron chi connectivity index (χ1n) is 6.29. The van der Waals surface area contributed by atoms with E-state index in [0.717, 1.165) is 28.7 Å². The third kappa shape index (κ3) is 3.81. The Morgan fingerprint density at radius 1 is 1.20 bits per heavy atom. The third-order valence-corrected chi connectivity index (χ3v) is 3.57. The fourth-order valence-corrected chi connectivity index (χ4v) is 2.27. The predicted octanol–water partition coefficient (Wildman–Crippen LogP) is 4.32. The topological polar surface area (TPSA) is 55.2 Å². The predicted molar refractivity (Wildman–Crippen MR) is 84.2 cm³/mol. The summed E-state index contributed by atoms with van der Waals surface area (Å²) in [6, 6.07) is 12.8. The lowest BCUT2D eigenvalue weighted by molar-refractivity contribution is -0.384. The number of anilines is 1. The molecule has 1 N–H and O–H groups in total. The first kappa shape index (κ1) is 14.5. The average Bonchev–Trinajstić information content (AvgIpc) is 2.43. The highest BCUT2D eigenvalue weighted by molar-refractivity contribution is 9.10. The van der Waals surface area contributed by atoms with Gasteiger partial charge in [-0.25, -0.2) is 0 Å². The van der Waals surface area contributed by atoms with Gasteiger partial charge in [-0.2, -0.15) is 0 Å². The van der Waals surface area contributed by atoms with Crippen LogP contribution in [0.15, 0.2) is 46.9 Å². The van der Waals surface area contributed by atoms with Crippen LogP contribution in [0.25, 0.3) is 0 Å². The molecule has 0 amide bonds. The molecule has 4 nitrogen and oxygen atoms in total. The maximum Gasteiger partial charge on any atom is 0.269 e. The molecule has 0 aliphatic heterocycles. The maximum absolute atomic E-state index is 10.6. The number of rotatable bonds is 5. The van der Waals surface area contributed by atoms with Gasteiger partial charge in [-0.05, 0) is 36.6 Å². The standard InChI is InChI=1S/C15H15BrN2O2/c1-11-2-5-13(16)10-15(11)17-9-8-12-3-6-14(7-4-12)18(19)20/h2-7,10,17H,8-9H2,1H3. The van der Waals surface area contributed by atoms with E-state index in [0.29, 0.717) is 0 Å². The van der Waals surface area contributed by atoms with E-state index in [-0.39, 0.29) is 10.6 Å². The fraction of sp³-hybridized carbons (Fsp3) is 0.200. The lowest BCUT2D eigenvalue weighted by atomic mass is 10.1. The van der Waals surface area contributed by atoms with E-state index >= 15 is 0 Å². The zero-order valence-corrected chi connectivity index (χ0v) is 12.7. The number of hydrogen-bond donors (Lipinski definition) is 1. The highest BCUT2D eigenvalue weighted by Crippen LogP contribution is 2.20.